The Hall–Kier alpha value is -1.36. The van der Waals surface area contributed by atoms with E-state index in [9.17, 15) is 4.79 Å². The summed E-state index contributed by atoms with van der Waals surface area (Å²) < 4.78 is 9.88. The zero-order chi connectivity index (χ0) is 11.4. The highest BCUT2D eigenvalue weighted by molar-refractivity contribution is 5.88. The van der Waals surface area contributed by atoms with Crippen molar-refractivity contribution in [2.75, 3.05) is 13.7 Å². The summed E-state index contributed by atoms with van der Waals surface area (Å²) in [5.41, 5.74) is 0.301. The molecule has 1 saturated heterocycles. The molecule has 2 rings (SSSR count). The van der Waals surface area contributed by atoms with Crippen molar-refractivity contribution >= 4 is 5.97 Å². The van der Waals surface area contributed by atoms with E-state index in [1.165, 1.54) is 26.3 Å². The summed E-state index contributed by atoms with van der Waals surface area (Å²) in [6.45, 7) is 1.03. The van der Waals surface area contributed by atoms with Gasteiger partial charge in [0.25, 0.3) is 0 Å². The summed E-state index contributed by atoms with van der Waals surface area (Å²) in [4.78, 5) is 15.3. The lowest BCUT2D eigenvalue weighted by Gasteiger charge is -2.22. The molecule has 88 valence electrons. The molecule has 16 heavy (non-hydrogen) atoms. The summed E-state index contributed by atoms with van der Waals surface area (Å²) in [7, 11) is 1.35. The number of hydrogen-bond acceptors (Lipinski definition) is 5. The quantitative estimate of drug-likeness (QED) is 0.780. The van der Waals surface area contributed by atoms with Crippen molar-refractivity contribution in [3.05, 3.63) is 17.8 Å². The molecule has 1 N–H and O–H groups in total. The van der Waals surface area contributed by atoms with E-state index in [0.717, 1.165) is 13.0 Å². The fourth-order valence-corrected chi connectivity index (χ4v) is 2.00. The Kier molecular flexibility index (Phi) is 3.56. The molecular weight excluding hydrogens is 208 g/mol. The number of hydrogen-bond donors (Lipinski definition) is 1. The average Bonchev–Trinajstić information content (AvgIpc) is 2.77. The van der Waals surface area contributed by atoms with Crippen LogP contribution >= 0.6 is 0 Å². The van der Waals surface area contributed by atoms with Gasteiger partial charge in [0.15, 0.2) is 12.1 Å². The van der Waals surface area contributed by atoms with E-state index in [1.54, 1.807) is 0 Å². The van der Waals surface area contributed by atoms with Gasteiger partial charge in [-0.1, -0.05) is 6.42 Å². The highest BCUT2D eigenvalue weighted by Crippen LogP contribution is 2.15. The van der Waals surface area contributed by atoms with E-state index >= 15 is 0 Å². The van der Waals surface area contributed by atoms with Crippen LogP contribution in [0.3, 0.4) is 0 Å². The van der Waals surface area contributed by atoms with Gasteiger partial charge in [0, 0.05) is 12.5 Å². The highest BCUT2D eigenvalue weighted by Gasteiger charge is 2.21. The van der Waals surface area contributed by atoms with Crippen molar-refractivity contribution in [3.8, 4) is 0 Å². The summed E-state index contributed by atoms with van der Waals surface area (Å²) in [6, 6.07) is 0.380. The molecule has 1 aliphatic heterocycles. The molecule has 0 bridgehead atoms. The Labute approximate surface area is 94.2 Å². The van der Waals surface area contributed by atoms with E-state index in [1.807, 2.05) is 0 Å². The van der Waals surface area contributed by atoms with Crippen LogP contribution in [0.4, 0.5) is 0 Å². The van der Waals surface area contributed by atoms with E-state index in [4.69, 9.17) is 4.42 Å². The number of esters is 1. The Morgan fingerprint density at radius 2 is 2.56 bits per heavy atom. The second-order valence-corrected chi connectivity index (χ2v) is 3.97. The third-order valence-corrected chi connectivity index (χ3v) is 2.86. The third-order valence-electron chi connectivity index (χ3n) is 2.86. The molecule has 5 nitrogen and oxygen atoms in total. The lowest BCUT2D eigenvalue weighted by atomic mass is 10.0. The molecule has 1 aromatic rings. The minimum atomic E-state index is -0.431. The number of nitrogens with one attached hydrogen (secondary N) is 1. The number of ether oxygens (including phenoxy) is 1. The van der Waals surface area contributed by atoms with Gasteiger partial charge in [-0.15, -0.1) is 0 Å². The van der Waals surface area contributed by atoms with Gasteiger partial charge in [0.2, 0.25) is 0 Å². The third kappa shape index (κ3) is 2.41. The van der Waals surface area contributed by atoms with Crippen molar-refractivity contribution in [2.24, 2.45) is 0 Å². The Balaban J connectivity index is 2.03. The minimum absolute atomic E-state index is 0.301. The van der Waals surface area contributed by atoms with Crippen LogP contribution in [0.2, 0.25) is 0 Å². The smallest absolute Gasteiger partial charge is 0.360 e. The summed E-state index contributed by atoms with van der Waals surface area (Å²) in [5.74, 6) is 0.186. The van der Waals surface area contributed by atoms with Crippen LogP contribution in [-0.2, 0) is 11.2 Å². The number of oxazole rings is 1. The van der Waals surface area contributed by atoms with Gasteiger partial charge in [0.05, 0.1) is 7.11 Å². The maximum atomic E-state index is 11.4. The first-order valence-corrected chi connectivity index (χ1v) is 5.55. The fraction of sp³-hybridized carbons (Fsp3) is 0.636. The first kappa shape index (κ1) is 11.1. The molecule has 1 atom stereocenters. The molecule has 2 heterocycles. The van der Waals surface area contributed by atoms with Crippen LogP contribution < -0.4 is 5.32 Å². The largest absolute Gasteiger partial charge is 0.464 e. The van der Waals surface area contributed by atoms with Gasteiger partial charge in [-0.05, 0) is 19.4 Å². The first-order valence-electron chi connectivity index (χ1n) is 5.55. The Morgan fingerprint density at radius 3 is 3.25 bits per heavy atom. The molecule has 0 amide bonds. The standard InChI is InChI=1S/C11H16N2O3/c1-15-11(14)10-9(16-7-13-10)6-8-4-2-3-5-12-8/h7-8,12H,2-6H2,1H3. The SMILES string of the molecule is COC(=O)c1ncoc1CC1CCCCN1. The minimum Gasteiger partial charge on any atom is -0.464 e. The second-order valence-electron chi connectivity index (χ2n) is 3.97. The summed E-state index contributed by atoms with van der Waals surface area (Å²) in [5, 5.41) is 3.40. The average molecular weight is 224 g/mol. The van der Waals surface area contributed by atoms with Gasteiger partial charge in [-0.25, -0.2) is 9.78 Å². The Bertz CT molecular complexity index is 356. The lowest BCUT2D eigenvalue weighted by Crippen LogP contribution is -2.35. The molecule has 0 aliphatic carbocycles. The molecule has 5 heteroatoms. The fourth-order valence-electron chi connectivity index (χ4n) is 2.00. The first-order chi connectivity index (χ1) is 7.81. The molecule has 1 aliphatic rings. The molecule has 0 radical (unpaired) electrons. The maximum absolute atomic E-state index is 11.4. The number of rotatable bonds is 3. The number of carbonyl (C=O) groups is 1. The number of aromatic nitrogens is 1. The van der Waals surface area contributed by atoms with Crippen molar-refractivity contribution < 1.29 is 13.9 Å². The summed E-state index contributed by atoms with van der Waals surface area (Å²) >= 11 is 0. The van der Waals surface area contributed by atoms with Crippen molar-refractivity contribution in [2.45, 2.75) is 31.7 Å². The van der Waals surface area contributed by atoms with Crippen LogP contribution in [0.15, 0.2) is 10.8 Å². The van der Waals surface area contributed by atoms with E-state index in [2.05, 4.69) is 15.0 Å². The number of piperidine rings is 1. The maximum Gasteiger partial charge on any atom is 0.360 e. The van der Waals surface area contributed by atoms with Gasteiger partial charge in [0.1, 0.15) is 5.76 Å². The van der Waals surface area contributed by atoms with Crippen LogP contribution in [0.5, 0.6) is 0 Å². The number of carbonyl (C=O) groups excluding carboxylic acids is 1. The monoisotopic (exact) mass is 224 g/mol. The lowest BCUT2D eigenvalue weighted by molar-refractivity contribution is 0.0592. The van der Waals surface area contributed by atoms with Crippen LogP contribution in [0, 0.1) is 0 Å². The van der Waals surface area contributed by atoms with Crippen LogP contribution in [-0.4, -0.2) is 30.6 Å². The van der Waals surface area contributed by atoms with Crippen LogP contribution in [0.25, 0.3) is 0 Å². The molecule has 0 spiro atoms. The normalized spacial score (nSPS) is 20.7. The summed E-state index contributed by atoms with van der Waals surface area (Å²) in [6.07, 6.45) is 5.55. The highest BCUT2D eigenvalue weighted by atomic mass is 16.5. The van der Waals surface area contributed by atoms with Crippen molar-refractivity contribution in [3.63, 3.8) is 0 Å². The molecular formula is C11H16N2O3. The molecule has 1 fully saturated rings. The van der Waals surface area contributed by atoms with Gasteiger partial charge >= 0.3 is 5.97 Å². The van der Waals surface area contributed by atoms with E-state index in [0.29, 0.717) is 23.9 Å². The predicted molar refractivity (Wildman–Crippen MR) is 57.2 cm³/mol. The topological polar surface area (TPSA) is 64.4 Å². The van der Waals surface area contributed by atoms with Gasteiger partial charge in [-0.3, -0.25) is 0 Å². The van der Waals surface area contributed by atoms with Crippen molar-refractivity contribution in [1.82, 2.24) is 10.3 Å². The second kappa shape index (κ2) is 5.12. The molecule has 1 unspecified atom stereocenters. The zero-order valence-electron chi connectivity index (χ0n) is 9.36. The molecule has 0 saturated carbocycles. The van der Waals surface area contributed by atoms with Crippen LogP contribution in [0.1, 0.15) is 35.5 Å². The van der Waals surface area contributed by atoms with Crippen molar-refractivity contribution in [1.29, 1.82) is 0 Å². The number of methoxy groups -OCH3 is 1. The van der Waals surface area contributed by atoms with E-state index < -0.39 is 5.97 Å². The predicted octanol–water partition coefficient (Wildman–Crippen LogP) is 1.15. The zero-order valence-corrected chi connectivity index (χ0v) is 9.36. The Morgan fingerprint density at radius 1 is 1.69 bits per heavy atom. The molecule has 0 aromatic carbocycles. The van der Waals surface area contributed by atoms with E-state index in [-0.39, 0.29) is 0 Å². The van der Waals surface area contributed by atoms with Gasteiger partial charge < -0.3 is 14.5 Å². The number of nitrogens with zero attached hydrogens (tertiary/aromatic N) is 1. The van der Waals surface area contributed by atoms with Gasteiger partial charge in [-0.2, -0.15) is 0 Å². The molecule has 1 aromatic heterocycles.